The van der Waals surface area contributed by atoms with Crippen LogP contribution in [0.4, 0.5) is 16.4 Å². The van der Waals surface area contributed by atoms with E-state index in [1.165, 1.54) is 11.1 Å². The first kappa shape index (κ1) is 42.9. The van der Waals surface area contributed by atoms with Gasteiger partial charge in [-0.15, -0.1) is 10.2 Å². The van der Waals surface area contributed by atoms with Gasteiger partial charge in [-0.1, -0.05) is 60.7 Å². The van der Waals surface area contributed by atoms with E-state index in [0.717, 1.165) is 88.4 Å². The molecule has 16 heteroatoms. The third kappa shape index (κ3) is 10.2. The Morgan fingerprint density at radius 3 is 1.77 bits per heavy atom. The highest BCUT2D eigenvalue weighted by molar-refractivity contribution is 5.86. The highest BCUT2D eigenvalue weighted by Gasteiger charge is 2.34. The Kier molecular flexibility index (Phi) is 12.4. The van der Waals surface area contributed by atoms with Crippen LogP contribution in [0.25, 0.3) is 44.6 Å². The summed E-state index contributed by atoms with van der Waals surface area (Å²) >= 11 is 0. The van der Waals surface area contributed by atoms with Gasteiger partial charge in [-0.2, -0.15) is 20.4 Å². The molecule has 65 heavy (non-hydrogen) atoms. The summed E-state index contributed by atoms with van der Waals surface area (Å²) in [4.78, 5) is 29.0. The van der Waals surface area contributed by atoms with Crippen molar-refractivity contribution in [2.45, 2.75) is 65.1 Å². The van der Waals surface area contributed by atoms with Crippen molar-refractivity contribution in [2.24, 2.45) is 0 Å². The summed E-state index contributed by atoms with van der Waals surface area (Å²) < 4.78 is 5.72. The molecule has 332 valence electrons. The number of carbonyl (C=O) groups excluding carboxylic acids is 1. The van der Waals surface area contributed by atoms with E-state index >= 15 is 0 Å². The van der Waals surface area contributed by atoms with Crippen LogP contribution in [0.1, 0.15) is 43.3 Å². The van der Waals surface area contributed by atoms with Gasteiger partial charge < -0.3 is 24.8 Å². The summed E-state index contributed by atoms with van der Waals surface area (Å²) in [6.07, 6.45) is 4.88. The third-order valence-electron chi connectivity index (χ3n) is 11.8. The average Bonchev–Trinajstić information content (AvgIpc) is 3.89. The highest BCUT2D eigenvalue weighted by Crippen LogP contribution is 2.27. The van der Waals surface area contributed by atoms with E-state index in [9.17, 15) is 4.79 Å². The van der Waals surface area contributed by atoms with Crippen LogP contribution in [0.3, 0.4) is 0 Å². The van der Waals surface area contributed by atoms with E-state index in [-0.39, 0.29) is 12.1 Å². The molecule has 4 aromatic carbocycles. The fourth-order valence-electron chi connectivity index (χ4n) is 8.45. The number of nitrogens with one attached hydrogen (secondary N) is 3. The number of anilines is 2. The lowest BCUT2D eigenvalue weighted by molar-refractivity contribution is 0.0140. The van der Waals surface area contributed by atoms with Crippen molar-refractivity contribution in [3.63, 3.8) is 0 Å². The van der Waals surface area contributed by atoms with Crippen LogP contribution in [0.5, 0.6) is 0 Å². The average molecular weight is 871 g/mol. The molecule has 4 aromatic heterocycles. The number of piperazine rings is 2. The summed E-state index contributed by atoms with van der Waals surface area (Å²) in [6, 6.07) is 33.1. The van der Waals surface area contributed by atoms with E-state index in [1.54, 1.807) is 12.4 Å². The molecular weight excluding hydrogens is 817 g/mol. The van der Waals surface area contributed by atoms with E-state index in [0.29, 0.717) is 37.3 Å². The van der Waals surface area contributed by atoms with Gasteiger partial charge in [0.2, 0.25) is 0 Å². The minimum Gasteiger partial charge on any atom is -0.444 e. The van der Waals surface area contributed by atoms with E-state index in [1.807, 2.05) is 88.0 Å². The molecule has 0 radical (unpaired) electrons. The molecule has 3 N–H and O–H groups in total. The Balaban J connectivity index is 0.000000168. The van der Waals surface area contributed by atoms with Crippen LogP contribution in [0, 0.1) is 13.8 Å². The summed E-state index contributed by atoms with van der Waals surface area (Å²) in [6.45, 7) is 14.2. The molecule has 2 aliphatic heterocycles. The van der Waals surface area contributed by atoms with Crippen LogP contribution in [0.2, 0.25) is 0 Å². The van der Waals surface area contributed by atoms with Crippen molar-refractivity contribution in [1.82, 2.24) is 61.0 Å². The second-order valence-electron chi connectivity index (χ2n) is 17.7. The number of ether oxygens (including phenoxy) is 1. The zero-order chi connectivity index (χ0) is 44.9. The molecule has 0 bridgehead atoms. The maximum absolute atomic E-state index is 13.0. The topological polar surface area (TPSA) is 183 Å². The van der Waals surface area contributed by atoms with E-state index in [4.69, 9.17) is 14.7 Å². The molecule has 2 saturated heterocycles. The molecule has 10 rings (SSSR count). The summed E-state index contributed by atoms with van der Waals surface area (Å²) in [5, 5.41) is 37.4. The molecule has 6 heterocycles. The SMILES string of the molecule is Cc1[nH]nc2ccc(-c3nncc(N4CCN(C(=O)OC(C)(C)C)[C@@H](Cc5ccccc5)C4)n3)cc12.Cc1[nH]nc2ccc(-c3nncc(N4CCN[C@@H](Cc5ccccc5)C4)n3)cc12. The fraction of sp³-hybridized carbons (Fsp3) is 0.327. The Morgan fingerprint density at radius 1 is 0.677 bits per heavy atom. The molecular formula is C49H54N14O2. The van der Waals surface area contributed by atoms with Gasteiger partial charge in [0.05, 0.1) is 29.5 Å². The molecule has 0 spiro atoms. The zero-order valence-electron chi connectivity index (χ0n) is 37.4. The third-order valence-corrected chi connectivity index (χ3v) is 11.8. The Labute approximate surface area is 377 Å². The van der Waals surface area contributed by atoms with Crippen LogP contribution < -0.4 is 15.1 Å². The minimum atomic E-state index is -0.550. The van der Waals surface area contributed by atoms with Crippen LogP contribution in [-0.2, 0) is 17.6 Å². The smallest absolute Gasteiger partial charge is 0.410 e. The van der Waals surface area contributed by atoms with Gasteiger partial charge in [0, 0.05) is 78.6 Å². The standard InChI is InChI=1S/C27H31N7O2.C22H23N7/c1-18-22-15-20(10-11-23(22)31-30-18)25-29-24(16-28-32-25)33-12-13-34(26(35)36-27(2,3)4)21(17-33)14-19-8-6-5-7-9-19;1-15-19-12-17(7-8-20(19)27-26-15)22-25-21(13-24-28-22)29-10-9-23-18(14-29)11-16-5-3-2-4-6-16/h5-11,15-16,21H,12-14,17H2,1-4H3,(H,30,31);2-8,12-13,18,23H,9-11,14H2,1H3,(H,26,27)/t21-;18-/m00/s1. The number of amides is 1. The van der Waals surface area contributed by atoms with Crippen molar-refractivity contribution in [3.8, 4) is 22.8 Å². The second-order valence-corrected chi connectivity index (χ2v) is 17.7. The van der Waals surface area contributed by atoms with E-state index in [2.05, 4.69) is 104 Å². The van der Waals surface area contributed by atoms with Crippen molar-refractivity contribution < 1.29 is 9.53 Å². The van der Waals surface area contributed by atoms with Crippen LogP contribution in [-0.4, -0.2) is 119 Å². The van der Waals surface area contributed by atoms with Gasteiger partial charge in [0.15, 0.2) is 23.3 Å². The first-order valence-corrected chi connectivity index (χ1v) is 22.1. The fourth-order valence-corrected chi connectivity index (χ4v) is 8.45. The second kappa shape index (κ2) is 18.8. The van der Waals surface area contributed by atoms with Crippen molar-refractivity contribution >= 4 is 39.5 Å². The number of rotatable bonds is 8. The molecule has 0 saturated carbocycles. The van der Waals surface area contributed by atoms with Gasteiger partial charge in [-0.25, -0.2) is 14.8 Å². The summed E-state index contributed by atoms with van der Waals surface area (Å²) in [5.41, 5.74) is 7.69. The molecule has 0 aliphatic carbocycles. The highest BCUT2D eigenvalue weighted by atomic mass is 16.6. The van der Waals surface area contributed by atoms with Gasteiger partial charge in [0.25, 0.3) is 0 Å². The number of aromatic nitrogens is 10. The molecule has 0 unspecified atom stereocenters. The number of hydrogen-bond acceptors (Lipinski definition) is 13. The number of aromatic amines is 2. The normalized spacial score (nSPS) is 16.7. The predicted octanol–water partition coefficient (Wildman–Crippen LogP) is 7.14. The van der Waals surface area contributed by atoms with Gasteiger partial charge in [-0.3, -0.25) is 10.2 Å². The van der Waals surface area contributed by atoms with E-state index < -0.39 is 5.60 Å². The first-order valence-electron chi connectivity index (χ1n) is 22.1. The molecule has 16 nitrogen and oxygen atoms in total. The minimum absolute atomic E-state index is 0.0701. The van der Waals surface area contributed by atoms with Gasteiger partial charge in [-0.05, 0) is 95.0 Å². The van der Waals surface area contributed by atoms with Crippen molar-refractivity contribution in [3.05, 3.63) is 132 Å². The predicted molar refractivity (Wildman–Crippen MR) is 253 cm³/mol. The first-order chi connectivity index (χ1) is 31.5. The maximum Gasteiger partial charge on any atom is 0.410 e. The Bertz CT molecular complexity index is 2880. The monoisotopic (exact) mass is 870 g/mol. The number of hydrogen-bond donors (Lipinski definition) is 3. The lowest BCUT2D eigenvalue weighted by Gasteiger charge is -2.42. The number of benzene rings is 4. The Morgan fingerprint density at radius 2 is 1.22 bits per heavy atom. The molecule has 2 atom stereocenters. The zero-order valence-corrected chi connectivity index (χ0v) is 37.4. The van der Waals surface area contributed by atoms with Crippen molar-refractivity contribution in [1.29, 1.82) is 0 Å². The number of aryl methyl sites for hydroxylation is 2. The van der Waals surface area contributed by atoms with Crippen LogP contribution >= 0.6 is 0 Å². The maximum atomic E-state index is 13.0. The van der Waals surface area contributed by atoms with Crippen molar-refractivity contribution in [2.75, 3.05) is 49.1 Å². The number of carbonyl (C=O) groups is 1. The summed E-state index contributed by atoms with van der Waals surface area (Å²) in [7, 11) is 0. The van der Waals surface area contributed by atoms with Crippen LogP contribution in [0.15, 0.2) is 109 Å². The molecule has 2 fully saturated rings. The quantitative estimate of drug-likeness (QED) is 0.140. The number of nitrogens with zero attached hydrogens (tertiary/aromatic N) is 11. The number of fused-ring (bicyclic) bond motifs is 2. The Hall–Kier alpha value is -7.33. The van der Waals surface area contributed by atoms with Gasteiger partial charge in [0.1, 0.15) is 5.60 Å². The largest absolute Gasteiger partial charge is 0.444 e. The van der Waals surface area contributed by atoms with Gasteiger partial charge >= 0.3 is 6.09 Å². The lowest BCUT2D eigenvalue weighted by Crippen LogP contribution is -2.57. The lowest BCUT2D eigenvalue weighted by atomic mass is 10.0. The molecule has 8 aromatic rings. The number of H-pyrrole nitrogens is 2. The molecule has 1 amide bonds. The summed E-state index contributed by atoms with van der Waals surface area (Å²) in [5.74, 6) is 2.82. The molecule has 2 aliphatic rings.